The van der Waals surface area contributed by atoms with Crippen molar-refractivity contribution in [2.24, 2.45) is 0 Å². The van der Waals surface area contributed by atoms with Gasteiger partial charge in [0.1, 0.15) is 0 Å². The summed E-state index contributed by atoms with van der Waals surface area (Å²) in [6, 6.07) is 7.65. The molecule has 0 aliphatic heterocycles. The summed E-state index contributed by atoms with van der Waals surface area (Å²) in [6.45, 7) is 5.96. The highest BCUT2D eigenvalue weighted by atomic mass is 35.5. The third kappa shape index (κ3) is 2.87. The number of fused-ring (bicyclic) bond motifs is 1. The van der Waals surface area contributed by atoms with E-state index in [4.69, 9.17) is 23.2 Å². The molecule has 0 radical (unpaired) electrons. The quantitative estimate of drug-likeness (QED) is 0.657. The van der Waals surface area contributed by atoms with E-state index < -0.39 is 0 Å². The summed E-state index contributed by atoms with van der Waals surface area (Å²) in [7, 11) is 0. The minimum atomic E-state index is 0.486. The zero-order chi connectivity index (χ0) is 12.1. The lowest BCUT2D eigenvalue weighted by molar-refractivity contribution is 1.22. The van der Waals surface area contributed by atoms with Gasteiger partial charge in [0.2, 0.25) is 0 Å². The molecular weight excluding hydrogens is 241 g/mol. The third-order valence-electron chi connectivity index (χ3n) is 2.13. The molecule has 1 heterocycles. The van der Waals surface area contributed by atoms with Gasteiger partial charge in [0, 0.05) is 22.0 Å². The topological polar surface area (TPSA) is 12.9 Å². The Bertz CT molecular complexity index is 481. The molecule has 0 aliphatic carbocycles. The van der Waals surface area contributed by atoms with Crippen LogP contribution in [0, 0.1) is 6.92 Å². The predicted molar refractivity (Wildman–Crippen MR) is 72.4 cm³/mol. The normalized spacial score (nSPS) is 9.81. The van der Waals surface area contributed by atoms with E-state index in [1.807, 2.05) is 45.0 Å². The summed E-state index contributed by atoms with van der Waals surface area (Å²) < 4.78 is 0. The minimum Gasteiger partial charge on any atom is -0.253 e. The maximum Gasteiger partial charge on any atom is 0.0709 e. The van der Waals surface area contributed by atoms with Crippen LogP contribution in [0.25, 0.3) is 10.9 Å². The van der Waals surface area contributed by atoms with Crippen molar-refractivity contribution in [1.82, 2.24) is 4.98 Å². The van der Waals surface area contributed by atoms with Gasteiger partial charge in [0.05, 0.1) is 5.52 Å². The summed E-state index contributed by atoms with van der Waals surface area (Å²) in [5, 5.41) is 1.76. The molecule has 1 aromatic heterocycles. The number of halogens is 2. The van der Waals surface area contributed by atoms with Gasteiger partial charge < -0.3 is 0 Å². The van der Waals surface area contributed by atoms with Crippen molar-refractivity contribution >= 4 is 34.1 Å². The van der Waals surface area contributed by atoms with Crippen LogP contribution in [0.4, 0.5) is 0 Å². The third-order valence-corrected chi connectivity index (χ3v) is 2.65. The second-order valence-electron chi connectivity index (χ2n) is 3.22. The van der Waals surface area contributed by atoms with E-state index in [0.29, 0.717) is 5.88 Å². The van der Waals surface area contributed by atoms with Gasteiger partial charge in [0.15, 0.2) is 0 Å². The van der Waals surface area contributed by atoms with Crippen molar-refractivity contribution in [3.05, 3.63) is 40.5 Å². The summed E-state index contributed by atoms with van der Waals surface area (Å²) in [4.78, 5) is 4.41. The van der Waals surface area contributed by atoms with Crippen LogP contribution in [0.15, 0.2) is 24.3 Å². The van der Waals surface area contributed by atoms with Crippen LogP contribution in [0.2, 0.25) is 5.02 Å². The molecule has 0 atom stereocenters. The number of hydrogen-bond donors (Lipinski definition) is 0. The van der Waals surface area contributed by atoms with Crippen molar-refractivity contribution in [2.75, 3.05) is 0 Å². The van der Waals surface area contributed by atoms with Crippen molar-refractivity contribution < 1.29 is 0 Å². The first-order chi connectivity index (χ1) is 7.70. The highest BCUT2D eigenvalue weighted by molar-refractivity contribution is 6.31. The van der Waals surface area contributed by atoms with Crippen LogP contribution < -0.4 is 0 Å². The monoisotopic (exact) mass is 255 g/mol. The molecule has 0 saturated carbocycles. The molecule has 1 aromatic carbocycles. The molecule has 0 bridgehead atoms. The number of aromatic nitrogens is 1. The van der Waals surface area contributed by atoms with Crippen molar-refractivity contribution in [3.63, 3.8) is 0 Å². The molecule has 16 heavy (non-hydrogen) atoms. The fourth-order valence-corrected chi connectivity index (χ4v) is 1.92. The number of benzene rings is 1. The molecule has 1 nitrogen and oxygen atoms in total. The first-order valence-corrected chi connectivity index (χ1v) is 6.23. The summed E-state index contributed by atoms with van der Waals surface area (Å²) in [5.41, 5.74) is 3.01. The number of nitrogens with zero attached hydrogens (tertiary/aromatic N) is 1. The Morgan fingerprint density at radius 3 is 2.50 bits per heavy atom. The van der Waals surface area contributed by atoms with E-state index in [1.54, 1.807) is 0 Å². The Balaban J connectivity index is 0.000000606. The molecule has 2 rings (SSSR count). The van der Waals surface area contributed by atoms with Gasteiger partial charge in [-0.3, -0.25) is 4.98 Å². The van der Waals surface area contributed by atoms with Crippen LogP contribution in [0.1, 0.15) is 25.1 Å². The lowest BCUT2D eigenvalue weighted by atomic mass is 10.1. The van der Waals surface area contributed by atoms with Crippen LogP contribution in [-0.4, -0.2) is 4.98 Å². The van der Waals surface area contributed by atoms with Gasteiger partial charge in [0.25, 0.3) is 0 Å². The highest BCUT2D eigenvalue weighted by Crippen LogP contribution is 2.23. The fraction of sp³-hybridized carbons (Fsp3) is 0.308. The molecular formula is C13H15Cl2N. The molecule has 0 spiro atoms. The largest absolute Gasteiger partial charge is 0.253 e. The van der Waals surface area contributed by atoms with E-state index in [0.717, 1.165) is 27.2 Å². The zero-order valence-electron chi connectivity index (χ0n) is 9.72. The Morgan fingerprint density at radius 2 is 1.88 bits per heavy atom. The molecule has 0 unspecified atom stereocenters. The van der Waals surface area contributed by atoms with Crippen molar-refractivity contribution in [1.29, 1.82) is 0 Å². The second-order valence-corrected chi connectivity index (χ2v) is 3.92. The van der Waals surface area contributed by atoms with Gasteiger partial charge in [-0.2, -0.15) is 0 Å². The average molecular weight is 256 g/mol. The molecule has 0 saturated heterocycles. The number of pyridine rings is 1. The molecule has 0 amide bonds. The van der Waals surface area contributed by atoms with E-state index in [9.17, 15) is 0 Å². The molecule has 0 fully saturated rings. The van der Waals surface area contributed by atoms with Crippen LogP contribution in [0.3, 0.4) is 0 Å². The molecule has 0 aliphatic rings. The van der Waals surface area contributed by atoms with Gasteiger partial charge >= 0.3 is 0 Å². The molecule has 86 valence electrons. The second kappa shape index (κ2) is 6.07. The number of rotatable bonds is 1. The Hall–Kier alpha value is -0.790. The lowest BCUT2D eigenvalue weighted by Crippen LogP contribution is -1.89. The standard InChI is InChI=1S/C11H9Cl2N.C2H6/c1-7-4-8(6-12)10-5-9(13)2-3-11(10)14-7;1-2/h2-5H,6H2,1H3;1-2H3. The first-order valence-electron chi connectivity index (χ1n) is 5.32. The van der Waals surface area contributed by atoms with Crippen LogP contribution in [0.5, 0.6) is 0 Å². The molecule has 3 heteroatoms. The average Bonchev–Trinajstić information content (AvgIpc) is 2.31. The Labute approximate surface area is 106 Å². The predicted octanol–water partition coefficient (Wildman–Crippen LogP) is 4.96. The number of aryl methyl sites for hydroxylation is 1. The van der Waals surface area contributed by atoms with Gasteiger partial charge in [-0.15, -0.1) is 11.6 Å². The molecule has 0 N–H and O–H groups in total. The maximum absolute atomic E-state index is 5.92. The number of alkyl halides is 1. The summed E-state index contributed by atoms with van der Waals surface area (Å²) in [6.07, 6.45) is 0. The first kappa shape index (κ1) is 13.3. The highest BCUT2D eigenvalue weighted by Gasteiger charge is 2.03. The van der Waals surface area contributed by atoms with Crippen molar-refractivity contribution in [3.8, 4) is 0 Å². The fourth-order valence-electron chi connectivity index (χ4n) is 1.53. The maximum atomic E-state index is 5.92. The summed E-state index contributed by atoms with van der Waals surface area (Å²) in [5.74, 6) is 0.486. The van der Waals surface area contributed by atoms with Crippen molar-refractivity contribution in [2.45, 2.75) is 26.7 Å². The van der Waals surface area contributed by atoms with E-state index in [1.165, 1.54) is 0 Å². The zero-order valence-corrected chi connectivity index (χ0v) is 11.2. The van der Waals surface area contributed by atoms with Gasteiger partial charge in [-0.1, -0.05) is 25.4 Å². The van der Waals surface area contributed by atoms with Gasteiger partial charge in [-0.05, 0) is 36.8 Å². The Morgan fingerprint density at radius 1 is 1.19 bits per heavy atom. The number of hydrogen-bond acceptors (Lipinski definition) is 1. The summed E-state index contributed by atoms with van der Waals surface area (Å²) >= 11 is 11.8. The van der Waals surface area contributed by atoms with Crippen LogP contribution in [-0.2, 0) is 5.88 Å². The smallest absolute Gasteiger partial charge is 0.0709 e. The minimum absolute atomic E-state index is 0.486. The van der Waals surface area contributed by atoms with E-state index in [2.05, 4.69) is 4.98 Å². The Kier molecular flexibility index (Phi) is 5.04. The van der Waals surface area contributed by atoms with Gasteiger partial charge in [-0.25, -0.2) is 0 Å². The lowest BCUT2D eigenvalue weighted by Gasteiger charge is -2.04. The SMILES string of the molecule is CC.Cc1cc(CCl)c2cc(Cl)ccc2n1. The molecule has 2 aromatic rings. The van der Waals surface area contributed by atoms with E-state index >= 15 is 0 Å². The van der Waals surface area contributed by atoms with Crippen LogP contribution >= 0.6 is 23.2 Å². The van der Waals surface area contributed by atoms with E-state index in [-0.39, 0.29) is 0 Å².